The number of anilines is 1. The predicted molar refractivity (Wildman–Crippen MR) is 97.4 cm³/mol. The smallest absolute Gasteiger partial charge is 0.240 e. The number of carbonyl (C=O) groups is 1. The molecule has 1 heterocycles. The summed E-state index contributed by atoms with van der Waals surface area (Å²) in [6.45, 7) is 2.54. The molecule has 0 atom stereocenters. The first-order chi connectivity index (χ1) is 11.6. The number of hydrogen-bond acceptors (Lipinski definition) is 1. The summed E-state index contributed by atoms with van der Waals surface area (Å²) in [5.74, 6) is 5.34. The molecule has 2 nitrogen and oxygen atoms in total. The lowest BCUT2D eigenvalue weighted by Crippen LogP contribution is -2.39. The average molecular weight is 313 g/mol. The highest BCUT2D eigenvalue weighted by atomic mass is 16.2. The van der Waals surface area contributed by atoms with Crippen LogP contribution in [0.15, 0.2) is 48.5 Å². The van der Waals surface area contributed by atoms with Crippen LogP contribution in [-0.2, 0) is 16.8 Å². The summed E-state index contributed by atoms with van der Waals surface area (Å²) in [7, 11) is 0. The van der Waals surface area contributed by atoms with Crippen molar-refractivity contribution in [3.05, 3.63) is 65.2 Å². The Labute approximate surface area is 143 Å². The molecule has 0 fully saturated rings. The van der Waals surface area contributed by atoms with Crippen LogP contribution in [0.2, 0.25) is 0 Å². The first kappa shape index (κ1) is 15.9. The Kier molecular flexibility index (Phi) is 4.15. The Morgan fingerprint density at radius 1 is 1.00 bits per heavy atom. The third-order valence-corrected chi connectivity index (χ3v) is 4.67. The summed E-state index contributed by atoms with van der Waals surface area (Å²) in [5, 5.41) is 0. The Bertz CT molecular complexity index is 836. The molecule has 1 aliphatic rings. The van der Waals surface area contributed by atoms with Gasteiger partial charge in [0, 0.05) is 12.8 Å². The van der Waals surface area contributed by atoms with Gasteiger partial charge in [0.1, 0.15) is 0 Å². The van der Waals surface area contributed by atoms with Crippen LogP contribution in [0.5, 0.6) is 0 Å². The third kappa shape index (κ3) is 2.38. The molecule has 0 spiro atoms. The number of carbonyl (C=O) groups excluding carboxylic acids is 1. The van der Waals surface area contributed by atoms with E-state index in [0.29, 0.717) is 19.4 Å². The van der Waals surface area contributed by atoms with Crippen LogP contribution in [0.4, 0.5) is 5.69 Å². The molecule has 0 N–H and O–H groups in total. The zero-order valence-corrected chi connectivity index (χ0v) is 13.8. The molecule has 118 valence electrons. The summed E-state index contributed by atoms with van der Waals surface area (Å²) in [6, 6.07) is 15.9. The van der Waals surface area contributed by atoms with Gasteiger partial charge in [-0.1, -0.05) is 48.5 Å². The SMILES string of the molecule is C#CCC1(CC#C)C(=O)N(Cc2ccccc2)c2c(C)cccc21. The maximum atomic E-state index is 13.4. The molecule has 0 radical (unpaired) electrons. The maximum absolute atomic E-state index is 13.4. The van der Waals surface area contributed by atoms with Crippen LogP contribution in [0, 0.1) is 31.6 Å². The van der Waals surface area contributed by atoms with Crippen molar-refractivity contribution in [3.8, 4) is 24.7 Å². The number of amides is 1. The van der Waals surface area contributed by atoms with Gasteiger partial charge in [-0.15, -0.1) is 24.7 Å². The minimum Gasteiger partial charge on any atom is -0.307 e. The molecule has 1 amide bonds. The van der Waals surface area contributed by atoms with Crippen molar-refractivity contribution in [2.75, 3.05) is 4.90 Å². The van der Waals surface area contributed by atoms with Gasteiger partial charge in [0.15, 0.2) is 0 Å². The molecule has 24 heavy (non-hydrogen) atoms. The largest absolute Gasteiger partial charge is 0.307 e. The summed E-state index contributed by atoms with van der Waals surface area (Å²) in [5.41, 5.74) is 3.25. The molecule has 2 aromatic rings. The van der Waals surface area contributed by atoms with E-state index in [1.807, 2.05) is 60.4 Å². The van der Waals surface area contributed by atoms with E-state index in [1.54, 1.807) is 0 Å². The van der Waals surface area contributed by atoms with Gasteiger partial charge in [0.2, 0.25) is 5.91 Å². The van der Waals surface area contributed by atoms with Gasteiger partial charge in [-0.2, -0.15) is 0 Å². The highest BCUT2D eigenvalue weighted by molar-refractivity contribution is 6.09. The molecule has 0 saturated carbocycles. The van der Waals surface area contributed by atoms with Gasteiger partial charge in [0.25, 0.3) is 0 Å². The summed E-state index contributed by atoms with van der Waals surface area (Å²) in [4.78, 5) is 15.2. The van der Waals surface area contributed by atoms with Gasteiger partial charge in [0.05, 0.1) is 17.6 Å². The highest BCUT2D eigenvalue weighted by Crippen LogP contribution is 2.48. The fourth-order valence-corrected chi connectivity index (χ4v) is 3.55. The fraction of sp³-hybridized carbons (Fsp3) is 0.227. The van der Waals surface area contributed by atoms with Crippen LogP contribution in [0.25, 0.3) is 0 Å². The van der Waals surface area contributed by atoms with Crippen LogP contribution < -0.4 is 4.90 Å². The highest BCUT2D eigenvalue weighted by Gasteiger charge is 2.50. The molecule has 0 unspecified atom stereocenters. The third-order valence-electron chi connectivity index (χ3n) is 4.67. The molecule has 0 aliphatic carbocycles. The van der Waals surface area contributed by atoms with E-state index >= 15 is 0 Å². The molecular weight excluding hydrogens is 294 g/mol. The minimum absolute atomic E-state index is 0.00607. The van der Waals surface area contributed by atoms with E-state index in [-0.39, 0.29) is 5.91 Å². The number of benzene rings is 2. The standard InChI is InChI=1S/C22H19NO/c1-4-14-22(15-5-2)19-13-9-10-17(3)20(19)23(21(22)24)16-18-11-7-6-8-12-18/h1-2,6-13H,14-16H2,3H3. The number of aryl methyl sites for hydroxylation is 1. The van der Waals surface area contributed by atoms with E-state index in [2.05, 4.69) is 11.8 Å². The molecule has 0 aromatic heterocycles. The minimum atomic E-state index is -0.806. The van der Waals surface area contributed by atoms with Gasteiger partial charge >= 0.3 is 0 Å². The van der Waals surface area contributed by atoms with Crippen molar-refractivity contribution in [1.29, 1.82) is 0 Å². The van der Waals surface area contributed by atoms with Gasteiger partial charge in [-0.25, -0.2) is 0 Å². The van der Waals surface area contributed by atoms with E-state index in [0.717, 1.165) is 22.4 Å². The summed E-state index contributed by atoms with van der Waals surface area (Å²) < 4.78 is 0. The zero-order chi connectivity index (χ0) is 17.2. The summed E-state index contributed by atoms with van der Waals surface area (Å²) >= 11 is 0. The van der Waals surface area contributed by atoms with Crippen molar-refractivity contribution in [2.45, 2.75) is 31.7 Å². The maximum Gasteiger partial charge on any atom is 0.240 e. The van der Waals surface area contributed by atoms with Crippen LogP contribution in [0.1, 0.15) is 29.5 Å². The number of terminal acetylenes is 2. The van der Waals surface area contributed by atoms with Gasteiger partial charge < -0.3 is 4.90 Å². The molecule has 3 rings (SSSR count). The molecule has 2 heteroatoms. The van der Waals surface area contributed by atoms with Gasteiger partial charge in [-0.05, 0) is 23.6 Å². The molecule has 0 bridgehead atoms. The van der Waals surface area contributed by atoms with Crippen molar-refractivity contribution in [3.63, 3.8) is 0 Å². The Morgan fingerprint density at radius 3 is 2.29 bits per heavy atom. The first-order valence-corrected chi connectivity index (χ1v) is 7.97. The van der Waals surface area contributed by atoms with Crippen molar-refractivity contribution in [2.24, 2.45) is 0 Å². The second-order valence-corrected chi connectivity index (χ2v) is 6.19. The number of fused-ring (bicyclic) bond motifs is 1. The summed E-state index contributed by atoms with van der Waals surface area (Å²) in [6.07, 6.45) is 11.8. The Hall–Kier alpha value is -2.97. The van der Waals surface area contributed by atoms with Gasteiger partial charge in [-0.3, -0.25) is 4.79 Å². The number of nitrogens with zero attached hydrogens (tertiary/aromatic N) is 1. The number of para-hydroxylation sites is 1. The van der Waals surface area contributed by atoms with E-state index < -0.39 is 5.41 Å². The second-order valence-electron chi connectivity index (χ2n) is 6.19. The van der Waals surface area contributed by atoms with Crippen LogP contribution >= 0.6 is 0 Å². The molecule has 0 saturated heterocycles. The lowest BCUT2D eigenvalue weighted by molar-refractivity contribution is -0.123. The monoisotopic (exact) mass is 313 g/mol. The van der Waals surface area contributed by atoms with Crippen LogP contribution in [0.3, 0.4) is 0 Å². The molecule has 2 aromatic carbocycles. The van der Waals surface area contributed by atoms with E-state index in [9.17, 15) is 4.79 Å². The fourth-order valence-electron chi connectivity index (χ4n) is 3.55. The second kappa shape index (κ2) is 6.26. The quantitative estimate of drug-likeness (QED) is 0.786. The number of hydrogen-bond donors (Lipinski definition) is 0. The normalized spacial score (nSPS) is 14.8. The van der Waals surface area contributed by atoms with E-state index in [1.165, 1.54) is 0 Å². The Balaban J connectivity index is 2.15. The average Bonchev–Trinajstić information content (AvgIpc) is 2.81. The zero-order valence-electron chi connectivity index (χ0n) is 13.8. The lowest BCUT2D eigenvalue weighted by Gasteiger charge is -2.25. The predicted octanol–water partition coefficient (Wildman–Crippen LogP) is 3.83. The number of rotatable bonds is 4. The van der Waals surface area contributed by atoms with Crippen molar-refractivity contribution in [1.82, 2.24) is 0 Å². The van der Waals surface area contributed by atoms with Crippen molar-refractivity contribution >= 4 is 11.6 Å². The lowest BCUT2D eigenvalue weighted by atomic mass is 9.76. The van der Waals surface area contributed by atoms with Crippen molar-refractivity contribution < 1.29 is 4.79 Å². The molecule has 1 aliphatic heterocycles. The van der Waals surface area contributed by atoms with Crippen LogP contribution in [-0.4, -0.2) is 5.91 Å². The van der Waals surface area contributed by atoms with E-state index in [4.69, 9.17) is 12.8 Å². The first-order valence-electron chi connectivity index (χ1n) is 7.97. The molecular formula is C22H19NO. The Morgan fingerprint density at radius 2 is 1.67 bits per heavy atom. The topological polar surface area (TPSA) is 20.3 Å².